The number of carbonyl (C=O) groups excluding carboxylic acids is 1. The Bertz CT molecular complexity index is 599. The van der Waals surface area contributed by atoms with Gasteiger partial charge < -0.3 is 15.5 Å². The molecule has 2 aromatic heterocycles. The first-order chi connectivity index (χ1) is 7.65. The van der Waals surface area contributed by atoms with Gasteiger partial charge in [0.25, 0.3) is 11.5 Å². The highest BCUT2D eigenvalue weighted by molar-refractivity contribution is 5.85. The number of nitrogens with one attached hydrogen (secondary N) is 1. The first kappa shape index (κ1) is 10.3. The van der Waals surface area contributed by atoms with Gasteiger partial charge in [0.15, 0.2) is 11.2 Å². The van der Waals surface area contributed by atoms with Crippen LogP contribution in [0.15, 0.2) is 11.1 Å². The minimum atomic E-state index is -0.606. The third-order valence-corrected chi connectivity index (χ3v) is 2.00. The van der Waals surface area contributed by atoms with E-state index in [9.17, 15) is 9.59 Å². The molecular formula is C8H9N5O3. The van der Waals surface area contributed by atoms with Crippen molar-refractivity contribution >= 4 is 23.0 Å². The summed E-state index contributed by atoms with van der Waals surface area (Å²) in [5.41, 5.74) is 5.22. The van der Waals surface area contributed by atoms with Crippen molar-refractivity contribution in [3.05, 3.63) is 16.7 Å². The number of hydrogen-bond donors (Lipinski definition) is 2. The van der Waals surface area contributed by atoms with E-state index in [2.05, 4.69) is 19.7 Å². The summed E-state index contributed by atoms with van der Waals surface area (Å²) in [4.78, 5) is 33.6. The van der Waals surface area contributed by atoms with E-state index in [-0.39, 0.29) is 23.7 Å². The third-order valence-electron chi connectivity index (χ3n) is 2.00. The summed E-state index contributed by atoms with van der Waals surface area (Å²) in [5.74, 6) is -0.772. The molecule has 0 spiro atoms. The monoisotopic (exact) mass is 223 g/mol. The van der Waals surface area contributed by atoms with Crippen LogP contribution in [0.2, 0.25) is 0 Å². The zero-order chi connectivity index (χ0) is 11.7. The molecule has 0 saturated heterocycles. The van der Waals surface area contributed by atoms with E-state index in [0.717, 1.165) is 4.57 Å². The summed E-state index contributed by atoms with van der Waals surface area (Å²) in [6.07, 6.45) is 1.31. The number of aromatic nitrogens is 4. The zero-order valence-electron chi connectivity index (χ0n) is 8.43. The van der Waals surface area contributed by atoms with Gasteiger partial charge in [-0.2, -0.15) is 4.98 Å². The van der Waals surface area contributed by atoms with Crippen molar-refractivity contribution in [3.8, 4) is 0 Å². The van der Waals surface area contributed by atoms with Gasteiger partial charge in [-0.05, 0) is 0 Å². The highest BCUT2D eigenvalue weighted by atomic mass is 16.5. The molecule has 0 saturated carbocycles. The van der Waals surface area contributed by atoms with Crippen molar-refractivity contribution in [1.29, 1.82) is 0 Å². The summed E-state index contributed by atoms with van der Waals surface area (Å²) in [6, 6.07) is 0. The molecule has 0 radical (unpaired) electrons. The predicted octanol–water partition coefficient (Wildman–Crippen LogP) is -1.01. The molecule has 8 heteroatoms. The topological polar surface area (TPSA) is 116 Å². The van der Waals surface area contributed by atoms with Crippen LogP contribution in [0.4, 0.5) is 5.95 Å². The largest absolute Gasteiger partial charge is 0.375 e. The second-order valence-corrected chi connectivity index (χ2v) is 3.04. The summed E-state index contributed by atoms with van der Waals surface area (Å²) < 4.78 is 5.38. The maximum Gasteiger partial charge on any atom is 0.290 e. The highest BCUT2D eigenvalue weighted by Crippen LogP contribution is 2.03. The van der Waals surface area contributed by atoms with Gasteiger partial charge in [-0.25, -0.2) is 9.55 Å². The van der Waals surface area contributed by atoms with Crippen LogP contribution < -0.4 is 11.3 Å². The van der Waals surface area contributed by atoms with Crippen molar-refractivity contribution < 1.29 is 9.53 Å². The Morgan fingerprint density at radius 2 is 2.44 bits per heavy atom. The Balaban J connectivity index is 2.69. The van der Waals surface area contributed by atoms with Crippen LogP contribution in [0.5, 0.6) is 0 Å². The predicted molar refractivity (Wildman–Crippen MR) is 55.1 cm³/mol. The van der Waals surface area contributed by atoms with Crippen molar-refractivity contribution in [2.24, 2.45) is 0 Å². The maximum atomic E-state index is 11.8. The molecule has 2 heterocycles. The number of rotatable bonds is 2. The number of methoxy groups -OCH3 is 1. The van der Waals surface area contributed by atoms with Crippen molar-refractivity contribution in [1.82, 2.24) is 19.5 Å². The Labute approximate surface area is 89.1 Å². The van der Waals surface area contributed by atoms with Crippen molar-refractivity contribution in [2.75, 3.05) is 19.5 Å². The molecule has 0 bridgehead atoms. The molecule has 2 aromatic rings. The lowest BCUT2D eigenvalue weighted by atomic mass is 10.5. The summed E-state index contributed by atoms with van der Waals surface area (Å²) in [7, 11) is 1.35. The second-order valence-electron chi connectivity index (χ2n) is 3.04. The summed E-state index contributed by atoms with van der Waals surface area (Å²) in [5, 5.41) is 0. The molecule has 0 fully saturated rings. The fourth-order valence-electron chi connectivity index (χ4n) is 1.33. The van der Waals surface area contributed by atoms with Crippen molar-refractivity contribution in [2.45, 2.75) is 0 Å². The molecule has 84 valence electrons. The number of hydrogen-bond acceptors (Lipinski definition) is 6. The Hall–Kier alpha value is -2.22. The average Bonchev–Trinajstić information content (AvgIpc) is 2.66. The van der Waals surface area contributed by atoms with E-state index in [1.165, 1.54) is 13.4 Å². The number of nitrogen functional groups attached to an aromatic ring is 1. The van der Waals surface area contributed by atoms with Crippen LogP contribution in [-0.2, 0) is 4.74 Å². The van der Waals surface area contributed by atoms with Gasteiger partial charge in [-0.1, -0.05) is 0 Å². The van der Waals surface area contributed by atoms with E-state index >= 15 is 0 Å². The molecule has 8 nitrogen and oxygen atoms in total. The number of aromatic amines is 1. The highest BCUT2D eigenvalue weighted by Gasteiger charge is 2.16. The van der Waals surface area contributed by atoms with Gasteiger partial charge in [-0.3, -0.25) is 9.59 Å². The fraction of sp³-hybridized carbons (Fsp3) is 0.250. The molecule has 0 aromatic carbocycles. The first-order valence-electron chi connectivity index (χ1n) is 4.39. The number of imidazole rings is 1. The molecule has 2 rings (SSSR count). The Kier molecular flexibility index (Phi) is 2.41. The number of nitrogens with two attached hydrogens (primary N) is 1. The summed E-state index contributed by atoms with van der Waals surface area (Å²) in [6.45, 7) is -0.248. The third kappa shape index (κ3) is 1.44. The quantitative estimate of drug-likeness (QED) is 0.673. The average molecular weight is 223 g/mol. The second kappa shape index (κ2) is 3.74. The molecule has 16 heavy (non-hydrogen) atoms. The van der Waals surface area contributed by atoms with Crippen LogP contribution in [0.1, 0.15) is 4.79 Å². The zero-order valence-corrected chi connectivity index (χ0v) is 8.43. The molecule has 3 N–H and O–H groups in total. The van der Waals surface area contributed by atoms with E-state index < -0.39 is 11.5 Å². The summed E-state index contributed by atoms with van der Waals surface area (Å²) >= 11 is 0. The fourth-order valence-corrected chi connectivity index (χ4v) is 1.33. The molecule has 0 amide bonds. The minimum absolute atomic E-state index is 0.0682. The SMILES string of the molecule is COCC(=O)n1c(N)nc2[nH]cnc2c1=O. The number of H-pyrrole nitrogens is 1. The van der Waals surface area contributed by atoms with E-state index in [1.54, 1.807) is 0 Å². The number of fused-ring (bicyclic) bond motifs is 1. The smallest absolute Gasteiger partial charge is 0.290 e. The lowest BCUT2D eigenvalue weighted by Gasteiger charge is -2.05. The van der Waals surface area contributed by atoms with Crippen molar-refractivity contribution in [3.63, 3.8) is 0 Å². The van der Waals surface area contributed by atoms with Crippen LogP contribution in [0, 0.1) is 0 Å². The number of nitrogens with zero attached hydrogens (tertiary/aromatic N) is 3. The van der Waals surface area contributed by atoms with Gasteiger partial charge in [0.05, 0.1) is 6.33 Å². The standard InChI is InChI=1S/C8H9N5O3/c1-16-2-4(14)13-7(15)5-6(11-3-10-5)12-8(13)9/h3H,2H2,1H3,(H2,9,12)(H,10,11). The lowest BCUT2D eigenvalue weighted by molar-refractivity contribution is 0.0760. The Morgan fingerprint density at radius 1 is 1.69 bits per heavy atom. The van der Waals surface area contributed by atoms with Gasteiger partial charge in [0, 0.05) is 7.11 Å². The van der Waals surface area contributed by atoms with E-state index in [0.29, 0.717) is 0 Å². The molecule has 0 aliphatic carbocycles. The molecule has 0 unspecified atom stereocenters. The van der Waals surface area contributed by atoms with E-state index in [4.69, 9.17) is 5.73 Å². The van der Waals surface area contributed by atoms with E-state index in [1.807, 2.05) is 0 Å². The first-order valence-corrected chi connectivity index (χ1v) is 4.39. The molecule has 0 aliphatic heterocycles. The number of ether oxygens (including phenoxy) is 1. The minimum Gasteiger partial charge on any atom is -0.375 e. The normalized spacial score (nSPS) is 10.8. The van der Waals surface area contributed by atoms with Gasteiger partial charge in [0.2, 0.25) is 5.95 Å². The van der Waals surface area contributed by atoms with Gasteiger partial charge >= 0.3 is 0 Å². The molecule has 0 atom stereocenters. The lowest BCUT2D eigenvalue weighted by Crippen LogP contribution is -2.32. The van der Waals surface area contributed by atoms with Gasteiger partial charge in [-0.15, -0.1) is 0 Å². The Morgan fingerprint density at radius 3 is 3.12 bits per heavy atom. The van der Waals surface area contributed by atoms with Crippen LogP contribution in [0.25, 0.3) is 11.2 Å². The maximum absolute atomic E-state index is 11.8. The van der Waals surface area contributed by atoms with Crippen LogP contribution in [-0.4, -0.2) is 39.1 Å². The van der Waals surface area contributed by atoms with Gasteiger partial charge in [0.1, 0.15) is 6.61 Å². The number of anilines is 1. The molecular weight excluding hydrogens is 214 g/mol. The number of carbonyl (C=O) groups is 1. The van der Waals surface area contributed by atoms with Crippen LogP contribution in [0.3, 0.4) is 0 Å². The molecule has 0 aliphatic rings. The van der Waals surface area contributed by atoms with Crippen LogP contribution >= 0.6 is 0 Å².